The maximum atomic E-state index is 14.0. The van der Waals surface area contributed by atoms with Gasteiger partial charge in [-0.2, -0.15) is 13.9 Å². The lowest BCUT2D eigenvalue weighted by Gasteiger charge is -2.18. The van der Waals surface area contributed by atoms with E-state index in [2.05, 4.69) is 14.8 Å². The van der Waals surface area contributed by atoms with Crippen molar-refractivity contribution in [3.8, 4) is 0 Å². The lowest BCUT2D eigenvalue weighted by atomic mass is 9.98. The molecule has 2 aromatic rings. The van der Waals surface area contributed by atoms with Crippen LogP contribution in [-0.2, 0) is 22.8 Å². The third kappa shape index (κ3) is 3.82. The van der Waals surface area contributed by atoms with Gasteiger partial charge >= 0.3 is 12.6 Å². The zero-order valence-corrected chi connectivity index (χ0v) is 17.3. The SMILES string of the molecule is N[S@](=O)(=NC(=O)Nc1c2c(nc(C3CC3)c1C1CC1)CCC2)c1nn(C(F)F)cc1F. The van der Waals surface area contributed by atoms with Crippen LogP contribution in [0.2, 0.25) is 0 Å². The first kappa shape index (κ1) is 20.4. The highest BCUT2D eigenvalue weighted by Gasteiger charge is 2.38. The molecule has 31 heavy (non-hydrogen) atoms. The number of fused-ring (bicyclic) bond motifs is 1. The molecule has 2 fully saturated rings. The molecule has 0 aliphatic heterocycles. The average molecular weight is 454 g/mol. The van der Waals surface area contributed by atoms with Crippen molar-refractivity contribution in [2.45, 2.75) is 68.4 Å². The number of nitrogens with zero attached hydrogens (tertiary/aromatic N) is 4. The molecule has 0 bridgehead atoms. The van der Waals surface area contributed by atoms with Gasteiger partial charge in [0.25, 0.3) is 0 Å². The Hall–Kier alpha value is -2.47. The predicted octanol–water partition coefficient (Wildman–Crippen LogP) is 3.99. The summed E-state index contributed by atoms with van der Waals surface area (Å²) in [6.45, 7) is -3.14. The molecule has 0 saturated heterocycles. The molecule has 3 aliphatic carbocycles. The van der Waals surface area contributed by atoms with Gasteiger partial charge in [-0.1, -0.05) is 0 Å². The number of aryl methyl sites for hydroxylation is 1. The lowest BCUT2D eigenvalue weighted by molar-refractivity contribution is 0.0552. The van der Waals surface area contributed by atoms with E-state index in [-0.39, 0.29) is 4.68 Å². The minimum atomic E-state index is -4.16. The number of carbonyl (C=O) groups excluding carboxylic acids is 1. The van der Waals surface area contributed by atoms with Gasteiger partial charge in [0.1, 0.15) is 0 Å². The normalized spacial score (nSPS) is 19.9. The standard InChI is InChI=1S/C19H21F3N6O2S/c20-12-8-28(18(21)22)26-17(12)31(23,30)27-19(29)25-16-11-2-1-3-13(11)24-15(10-6-7-10)14(16)9-4-5-9/h8-10,18H,1-7H2,(H3,23,24,25,27,29,30)/t31-/m0/s1. The highest BCUT2D eigenvalue weighted by molar-refractivity contribution is 7.91. The van der Waals surface area contributed by atoms with Gasteiger partial charge in [0.2, 0.25) is 5.03 Å². The summed E-state index contributed by atoms with van der Waals surface area (Å²) >= 11 is 0. The molecule has 12 heteroatoms. The Morgan fingerprint density at radius 1 is 1.26 bits per heavy atom. The molecule has 2 heterocycles. The number of anilines is 1. The highest BCUT2D eigenvalue weighted by Crippen LogP contribution is 2.52. The number of hydrogen-bond donors (Lipinski definition) is 2. The van der Waals surface area contributed by atoms with Crippen LogP contribution in [0.1, 0.15) is 73.0 Å². The molecule has 0 spiro atoms. The number of aromatic nitrogens is 3. The Kier molecular flexibility index (Phi) is 4.81. The summed E-state index contributed by atoms with van der Waals surface area (Å²) in [5, 5.41) is 10.5. The summed E-state index contributed by atoms with van der Waals surface area (Å²) in [6, 6.07) is -1.03. The topological polar surface area (TPSA) is 115 Å². The van der Waals surface area contributed by atoms with Gasteiger partial charge in [0.15, 0.2) is 15.7 Å². The number of hydrogen-bond acceptors (Lipinski definition) is 4. The van der Waals surface area contributed by atoms with Crippen LogP contribution in [-0.4, -0.2) is 25.0 Å². The van der Waals surface area contributed by atoms with E-state index < -0.39 is 33.3 Å². The number of pyridine rings is 1. The van der Waals surface area contributed by atoms with E-state index in [1.54, 1.807) is 0 Å². The van der Waals surface area contributed by atoms with E-state index in [0.29, 0.717) is 23.7 Å². The van der Waals surface area contributed by atoms with E-state index in [1.807, 2.05) is 0 Å². The largest absolute Gasteiger partial charge is 0.354 e. The fourth-order valence-corrected chi connectivity index (χ4v) is 5.08. The van der Waals surface area contributed by atoms with E-state index >= 15 is 0 Å². The second-order valence-electron chi connectivity index (χ2n) is 8.24. The predicted molar refractivity (Wildman–Crippen MR) is 106 cm³/mol. The minimum Gasteiger partial charge on any atom is -0.305 e. The van der Waals surface area contributed by atoms with E-state index in [1.165, 1.54) is 0 Å². The van der Waals surface area contributed by atoms with Crippen molar-refractivity contribution < 1.29 is 22.2 Å². The van der Waals surface area contributed by atoms with Gasteiger partial charge < -0.3 is 5.32 Å². The summed E-state index contributed by atoms with van der Waals surface area (Å²) in [4.78, 5) is 17.6. The van der Waals surface area contributed by atoms with Crippen LogP contribution in [0.5, 0.6) is 0 Å². The molecule has 3 aliphatic rings. The summed E-state index contributed by atoms with van der Waals surface area (Å²) in [5.41, 5.74) is 4.59. The first-order valence-corrected chi connectivity index (χ1v) is 11.8. The second kappa shape index (κ2) is 7.30. The number of rotatable bonds is 5. The smallest absolute Gasteiger partial charge is 0.305 e. The van der Waals surface area contributed by atoms with E-state index in [4.69, 9.17) is 10.1 Å². The second-order valence-corrected chi connectivity index (χ2v) is 9.95. The molecule has 5 rings (SSSR count). The van der Waals surface area contributed by atoms with Crippen LogP contribution in [0, 0.1) is 5.82 Å². The van der Waals surface area contributed by atoms with Gasteiger partial charge in [-0.3, -0.25) is 4.98 Å². The lowest BCUT2D eigenvalue weighted by Crippen LogP contribution is -2.21. The molecule has 0 aromatic carbocycles. The number of urea groups is 1. The number of nitrogens with two attached hydrogens (primary N) is 1. The third-order valence-electron chi connectivity index (χ3n) is 5.82. The van der Waals surface area contributed by atoms with Gasteiger partial charge in [0, 0.05) is 22.9 Å². The quantitative estimate of drug-likeness (QED) is 0.711. The molecule has 1 atom stereocenters. The monoisotopic (exact) mass is 454 g/mol. The fourth-order valence-electron chi connectivity index (χ4n) is 4.16. The van der Waals surface area contributed by atoms with Crippen molar-refractivity contribution >= 4 is 21.6 Å². The van der Waals surface area contributed by atoms with Crippen LogP contribution < -0.4 is 10.5 Å². The Balaban J connectivity index is 1.52. The van der Waals surface area contributed by atoms with Crippen molar-refractivity contribution in [3.63, 3.8) is 0 Å². The molecular formula is C19H21F3N6O2S. The average Bonchev–Trinajstić information content (AvgIpc) is 3.61. The van der Waals surface area contributed by atoms with E-state index in [9.17, 15) is 22.2 Å². The Bertz CT molecular complexity index is 1200. The van der Waals surface area contributed by atoms with Gasteiger partial charge in [-0.25, -0.2) is 23.2 Å². The van der Waals surface area contributed by atoms with Crippen LogP contribution in [0.15, 0.2) is 15.6 Å². The zero-order valence-electron chi connectivity index (χ0n) is 16.5. The number of amides is 2. The first-order valence-electron chi connectivity index (χ1n) is 10.2. The molecule has 0 radical (unpaired) electrons. The third-order valence-corrected chi connectivity index (χ3v) is 7.09. The molecule has 0 unspecified atom stereocenters. The zero-order chi connectivity index (χ0) is 21.9. The maximum absolute atomic E-state index is 14.0. The number of carbonyl (C=O) groups is 1. The highest BCUT2D eigenvalue weighted by atomic mass is 32.2. The summed E-state index contributed by atoms with van der Waals surface area (Å²) in [6.07, 6.45) is 7.00. The Labute approximate surface area is 176 Å². The Morgan fingerprint density at radius 3 is 2.58 bits per heavy atom. The van der Waals surface area contributed by atoms with Crippen molar-refractivity contribution in [1.82, 2.24) is 14.8 Å². The molecular weight excluding hydrogens is 433 g/mol. The molecule has 2 amide bonds. The number of alkyl halides is 2. The molecule has 8 nitrogen and oxygen atoms in total. The first-order chi connectivity index (χ1) is 14.7. The minimum absolute atomic E-state index is 0.0204. The van der Waals surface area contributed by atoms with Crippen molar-refractivity contribution in [1.29, 1.82) is 0 Å². The molecule has 166 valence electrons. The van der Waals surface area contributed by atoms with Crippen LogP contribution in [0.4, 0.5) is 23.7 Å². The number of halogens is 3. The van der Waals surface area contributed by atoms with Gasteiger partial charge in [0.05, 0.1) is 11.9 Å². The molecule has 2 saturated carbocycles. The van der Waals surface area contributed by atoms with Gasteiger partial charge in [-0.15, -0.1) is 4.36 Å². The molecule has 2 aromatic heterocycles. The van der Waals surface area contributed by atoms with Crippen LogP contribution in [0.3, 0.4) is 0 Å². The van der Waals surface area contributed by atoms with E-state index in [0.717, 1.165) is 67.5 Å². The number of nitrogens with one attached hydrogen (secondary N) is 1. The van der Waals surface area contributed by atoms with Crippen LogP contribution in [0.25, 0.3) is 0 Å². The Morgan fingerprint density at radius 2 is 1.97 bits per heavy atom. The van der Waals surface area contributed by atoms with Gasteiger partial charge in [-0.05, 0) is 56.4 Å². The van der Waals surface area contributed by atoms with Crippen molar-refractivity contribution in [3.05, 3.63) is 34.5 Å². The van der Waals surface area contributed by atoms with Crippen molar-refractivity contribution in [2.75, 3.05) is 5.32 Å². The van der Waals surface area contributed by atoms with Crippen molar-refractivity contribution in [2.24, 2.45) is 9.50 Å². The summed E-state index contributed by atoms with van der Waals surface area (Å²) in [7, 11) is -4.16. The fraction of sp³-hybridized carbons (Fsp3) is 0.526. The molecule has 3 N–H and O–H groups in total. The maximum Gasteiger partial charge on any atom is 0.354 e. The summed E-state index contributed by atoms with van der Waals surface area (Å²) < 4.78 is 55.5. The van der Waals surface area contributed by atoms with Crippen LogP contribution >= 0.6 is 0 Å². The summed E-state index contributed by atoms with van der Waals surface area (Å²) in [5.74, 6) is -0.616.